The fourth-order valence-corrected chi connectivity index (χ4v) is 6.63. The fourth-order valence-electron chi connectivity index (χ4n) is 5.07. The van der Waals surface area contributed by atoms with Crippen LogP contribution in [0.25, 0.3) is 0 Å². The smallest absolute Gasteiger partial charge is 0.410 e. The molecule has 4 aromatic carbocycles. The Morgan fingerprint density at radius 2 is 1.28 bits per heavy atom. The summed E-state index contributed by atoms with van der Waals surface area (Å²) in [6.45, 7) is 2.12. The number of benzene rings is 4. The summed E-state index contributed by atoms with van der Waals surface area (Å²) in [4.78, 5) is 24.5. The first-order valence-electron chi connectivity index (χ1n) is 14.7. The number of hydrogen-bond donors (Lipinski definition) is 1. The van der Waals surface area contributed by atoms with Crippen molar-refractivity contribution >= 4 is 23.5 Å². The molecule has 8 heteroatoms. The van der Waals surface area contributed by atoms with Crippen LogP contribution in [-0.4, -0.2) is 48.4 Å². The standard InChI is InChI=1S/C35H39N3O4S/c1-37(27-25-36-34(39)42-33-23-21-32(22-24-33)38(40)41)26-13-2-3-14-28-43-35(29-15-7-4-8-16-29,30-17-9-5-10-18-30)31-19-11-6-12-20-31/h4-12,15-24H,2-3,13-14,25-28H2,1H3,(H,36,39). The third-order valence-electron chi connectivity index (χ3n) is 7.31. The number of non-ortho nitro benzene ring substituents is 1. The van der Waals surface area contributed by atoms with Crippen LogP contribution < -0.4 is 10.1 Å². The lowest BCUT2D eigenvalue weighted by atomic mass is 9.84. The Morgan fingerprint density at radius 3 is 1.79 bits per heavy atom. The second-order valence-electron chi connectivity index (χ2n) is 10.4. The van der Waals surface area contributed by atoms with Gasteiger partial charge in [-0.25, -0.2) is 4.79 Å². The van der Waals surface area contributed by atoms with E-state index < -0.39 is 11.0 Å². The molecule has 0 aliphatic rings. The van der Waals surface area contributed by atoms with Crippen molar-refractivity contribution in [2.75, 3.05) is 32.4 Å². The number of ether oxygens (including phenoxy) is 1. The van der Waals surface area contributed by atoms with E-state index in [1.165, 1.54) is 41.0 Å². The molecule has 0 bridgehead atoms. The lowest BCUT2D eigenvalue weighted by molar-refractivity contribution is -0.384. The van der Waals surface area contributed by atoms with Crippen molar-refractivity contribution in [2.24, 2.45) is 0 Å². The first-order chi connectivity index (χ1) is 21.0. The minimum absolute atomic E-state index is 0.0483. The summed E-state index contributed by atoms with van der Waals surface area (Å²) in [6, 6.07) is 37.9. The molecule has 0 unspecified atom stereocenters. The molecule has 0 aromatic heterocycles. The maximum atomic E-state index is 12.0. The van der Waals surface area contributed by atoms with Crippen LogP contribution in [0, 0.1) is 10.1 Å². The molecule has 0 aliphatic heterocycles. The SMILES string of the molecule is CN(CCCCCCSC(c1ccccc1)(c1ccccc1)c1ccccc1)CCNC(=O)Oc1ccc([N+](=O)[O-])cc1. The number of nitrogens with zero attached hydrogens (tertiary/aromatic N) is 2. The zero-order valence-electron chi connectivity index (χ0n) is 24.6. The van der Waals surface area contributed by atoms with Gasteiger partial charge in [0.25, 0.3) is 5.69 Å². The Hall–Kier alpha value is -4.14. The van der Waals surface area contributed by atoms with Crippen LogP contribution in [0.4, 0.5) is 10.5 Å². The van der Waals surface area contributed by atoms with Crippen molar-refractivity contribution < 1.29 is 14.5 Å². The second-order valence-corrected chi connectivity index (χ2v) is 11.7. The van der Waals surface area contributed by atoms with Crippen molar-refractivity contribution in [3.63, 3.8) is 0 Å². The molecule has 1 amide bonds. The van der Waals surface area contributed by atoms with Crippen LogP contribution in [0.3, 0.4) is 0 Å². The van der Waals surface area contributed by atoms with Crippen molar-refractivity contribution in [2.45, 2.75) is 30.4 Å². The number of nitro benzene ring substituents is 1. The highest BCUT2D eigenvalue weighted by Crippen LogP contribution is 2.48. The maximum Gasteiger partial charge on any atom is 0.412 e. The predicted octanol–water partition coefficient (Wildman–Crippen LogP) is 7.90. The molecule has 0 aliphatic carbocycles. The molecule has 0 atom stereocenters. The molecule has 4 aromatic rings. The zero-order valence-corrected chi connectivity index (χ0v) is 25.4. The van der Waals surface area contributed by atoms with Crippen LogP contribution in [0.5, 0.6) is 5.75 Å². The Labute approximate surface area is 258 Å². The van der Waals surface area contributed by atoms with Gasteiger partial charge in [0.15, 0.2) is 0 Å². The van der Waals surface area contributed by atoms with E-state index in [2.05, 4.69) is 101 Å². The molecule has 224 valence electrons. The Kier molecular flexibility index (Phi) is 12.2. The number of nitrogens with one attached hydrogen (secondary N) is 1. The summed E-state index contributed by atoms with van der Waals surface area (Å²) in [5.74, 6) is 1.32. The number of likely N-dealkylation sites (N-methyl/N-ethyl adjacent to an activating group) is 1. The lowest BCUT2D eigenvalue weighted by Gasteiger charge is -2.35. The Bertz CT molecular complexity index is 1310. The summed E-state index contributed by atoms with van der Waals surface area (Å²) in [6.07, 6.45) is 3.97. The van der Waals surface area contributed by atoms with Gasteiger partial charge >= 0.3 is 6.09 Å². The van der Waals surface area contributed by atoms with Gasteiger partial charge in [-0.3, -0.25) is 10.1 Å². The van der Waals surface area contributed by atoms with Crippen LogP contribution in [0.2, 0.25) is 0 Å². The van der Waals surface area contributed by atoms with Crippen molar-refractivity contribution in [3.05, 3.63) is 142 Å². The van der Waals surface area contributed by atoms with Gasteiger partial charge in [0.1, 0.15) is 5.75 Å². The summed E-state index contributed by atoms with van der Waals surface area (Å²) in [5, 5.41) is 13.5. The van der Waals surface area contributed by atoms with Crippen molar-refractivity contribution in [1.29, 1.82) is 0 Å². The summed E-state index contributed by atoms with van der Waals surface area (Å²) in [5.41, 5.74) is 3.84. The van der Waals surface area contributed by atoms with Crippen molar-refractivity contribution in [1.82, 2.24) is 10.2 Å². The Morgan fingerprint density at radius 1 is 0.767 bits per heavy atom. The molecule has 4 rings (SSSR count). The van der Waals surface area contributed by atoms with Crippen LogP contribution in [-0.2, 0) is 4.75 Å². The lowest BCUT2D eigenvalue weighted by Crippen LogP contribution is -2.35. The Balaban J connectivity index is 1.19. The van der Waals surface area contributed by atoms with E-state index in [0.717, 1.165) is 38.0 Å². The zero-order chi connectivity index (χ0) is 30.3. The van der Waals surface area contributed by atoms with Gasteiger partial charge in [0.2, 0.25) is 0 Å². The number of carbonyl (C=O) groups is 1. The summed E-state index contributed by atoms with van der Waals surface area (Å²) in [7, 11) is 2.05. The van der Waals surface area contributed by atoms with Crippen LogP contribution >= 0.6 is 11.8 Å². The first-order valence-corrected chi connectivity index (χ1v) is 15.7. The molecule has 0 fully saturated rings. The predicted molar refractivity (Wildman–Crippen MR) is 175 cm³/mol. The van der Waals surface area contributed by atoms with Crippen LogP contribution in [0.1, 0.15) is 42.4 Å². The molecular weight excluding hydrogens is 558 g/mol. The second kappa shape index (κ2) is 16.5. The number of carbonyl (C=O) groups excluding carboxylic acids is 1. The fraction of sp³-hybridized carbons (Fsp3) is 0.286. The van der Waals surface area contributed by atoms with Gasteiger partial charge in [0.05, 0.1) is 9.67 Å². The van der Waals surface area contributed by atoms with E-state index in [1.54, 1.807) is 0 Å². The van der Waals surface area contributed by atoms with Crippen LogP contribution in [0.15, 0.2) is 115 Å². The maximum absolute atomic E-state index is 12.0. The van der Waals surface area contributed by atoms with Gasteiger partial charge in [-0.05, 0) is 61.0 Å². The van der Waals surface area contributed by atoms with Gasteiger partial charge < -0.3 is 15.0 Å². The molecule has 1 N–H and O–H groups in total. The minimum Gasteiger partial charge on any atom is -0.410 e. The third kappa shape index (κ3) is 9.17. The number of unbranched alkanes of at least 4 members (excludes halogenated alkanes) is 3. The van der Waals surface area contributed by atoms with Gasteiger partial charge in [-0.1, -0.05) is 104 Å². The highest BCUT2D eigenvalue weighted by atomic mass is 32.2. The highest BCUT2D eigenvalue weighted by Gasteiger charge is 2.36. The number of hydrogen-bond acceptors (Lipinski definition) is 6. The van der Waals surface area contributed by atoms with Gasteiger partial charge in [-0.2, -0.15) is 0 Å². The molecule has 0 saturated carbocycles. The quantitative estimate of drug-likeness (QED) is 0.0612. The first kappa shape index (κ1) is 31.8. The number of amides is 1. The normalized spacial score (nSPS) is 11.3. The minimum atomic E-state index is -0.572. The number of nitro groups is 1. The summed E-state index contributed by atoms with van der Waals surface area (Å²) >= 11 is 2.02. The van der Waals surface area contributed by atoms with Crippen molar-refractivity contribution in [3.8, 4) is 5.75 Å². The molecule has 0 saturated heterocycles. The van der Waals surface area contributed by atoms with E-state index >= 15 is 0 Å². The average Bonchev–Trinajstić information content (AvgIpc) is 3.04. The molecule has 0 heterocycles. The number of rotatable bonds is 16. The highest BCUT2D eigenvalue weighted by molar-refractivity contribution is 8.00. The van der Waals surface area contributed by atoms with E-state index in [-0.39, 0.29) is 16.2 Å². The summed E-state index contributed by atoms with van der Waals surface area (Å²) < 4.78 is 4.92. The van der Waals surface area contributed by atoms with E-state index in [0.29, 0.717) is 13.1 Å². The van der Waals surface area contributed by atoms with E-state index in [1.807, 2.05) is 18.8 Å². The molecule has 0 spiro atoms. The third-order valence-corrected chi connectivity index (χ3v) is 8.95. The average molecular weight is 598 g/mol. The molecule has 43 heavy (non-hydrogen) atoms. The largest absolute Gasteiger partial charge is 0.412 e. The van der Waals surface area contributed by atoms with Gasteiger partial charge in [-0.15, -0.1) is 11.8 Å². The molecule has 0 radical (unpaired) electrons. The molecule has 7 nitrogen and oxygen atoms in total. The number of thioether (sulfide) groups is 1. The van der Waals surface area contributed by atoms with E-state index in [9.17, 15) is 14.9 Å². The monoisotopic (exact) mass is 597 g/mol. The molecular formula is C35H39N3O4S. The van der Waals surface area contributed by atoms with Gasteiger partial charge in [0, 0.05) is 25.2 Å². The van der Waals surface area contributed by atoms with E-state index in [4.69, 9.17) is 4.74 Å². The topological polar surface area (TPSA) is 84.7 Å².